The molecule has 5 atom stereocenters. The van der Waals surface area contributed by atoms with Gasteiger partial charge in [0.2, 0.25) is 0 Å². The molecule has 2 aromatic rings. The van der Waals surface area contributed by atoms with E-state index in [4.69, 9.17) is 9.47 Å². The summed E-state index contributed by atoms with van der Waals surface area (Å²) in [5, 5.41) is 11.3. The van der Waals surface area contributed by atoms with Crippen LogP contribution in [0.4, 0.5) is 0 Å². The SMILES string of the molecule is CC.CCC(C=O)NC(=O)c1nccc2ccccc12.CCC1COCC(CNC2CC(=O)OC2C)N1. The molecule has 4 rings (SSSR count). The van der Waals surface area contributed by atoms with E-state index in [9.17, 15) is 14.4 Å². The molecular formula is C28H42N4O5. The molecular weight excluding hydrogens is 472 g/mol. The minimum Gasteiger partial charge on any atom is -0.461 e. The number of ether oxygens (including phenoxy) is 2. The average Bonchev–Trinajstić information content (AvgIpc) is 3.28. The van der Waals surface area contributed by atoms with Crippen molar-refractivity contribution in [1.82, 2.24) is 20.9 Å². The lowest BCUT2D eigenvalue weighted by atomic mass is 10.1. The Balaban J connectivity index is 0.000000244. The van der Waals surface area contributed by atoms with Crippen molar-refractivity contribution >= 4 is 28.9 Å². The predicted octanol–water partition coefficient (Wildman–Crippen LogP) is 3.02. The fourth-order valence-electron chi connectivity index (χ4n) is 4.12. The number of rotatable bonds is 8. The smallest absolute Gasteiger partial charge is 0.307 e. The molecule has 3 N–H and O–H groups in total. The number of carbonyl (C=O) groups excluding carboxylic acids is 3. The fraction of sp³-hybridized carbons (Fsp3) is 0.571. The third-order valence-corrected chi connectivity index (χ3v) is 6.31. The fourth-order valence-corrected chi connectivity index (χ4v) is 4.12. The van der Waals surface area contributed by atoms with Crippen LogP contribution in [0.2, 0.25) is 0 Å². The third kappa shape index (κ3) is 9.18. The molecule has 9 heteroatoms. The van der Waals surface area contributed by atoms with Crippen molar-refractivity contribution in [3.8, 4) is 0 Å². The highest BCUT2D eigenvalue weighted by molar-refractivity contribution is 6.05. The second kappa shape index (κ2) is 16.1. The number of esters is 1. The summed E-state index contributed by atoms with van der Waals surface area (Å²) >= 11 is 0. The number of nitrogens with zero attached hydrogens (tertiary/aromatic N) is 1. The quantitative estimate of drug-likeness (QED) is 0.363. The number of hydrogen-bond donors (Lipinski definition) is 3. The monoisotopic (exact) mass is 514 g/mol. The van der Waals surface area contributed by atoms with Crippen LogP contribution in [0.1, 0.15) is 64.4 Å². The van der Waals surface area contributed by atoms with Crippen molar-refractivity contribution in [3.63, 3.8) is 0 Å². The molecule has 9 nitrogen and oxygen atoms in total. The highest BCUT2D eigenvalue weighted by atomic mass is 16.6. The Kier molecular flexibility index (Phi) is 13.2. The third-order valence-electron chi connectivity index (χ3n) is 6.31. The van der Waals surface area contributed by atoms with E-state index in [0.29, 0.717) is 30.6 Å². The first-order valence-electron chi connectivity index (χ1n) is 13.3. The van der Waals surface area contributed by atoms with Crippen LogP contribution in [0, 0.1) is 0 Å². The lowest BCUT2D eigenvalue weighted by Gasteiger charge is -2.31. The number of aromatic nitrogens is 1. The Bertz CT molecular complexity index is 996. The number of cyclic esters (lactones) is 1. The van der Waals surface area contributed by atoms with Crippen molar-refractivity contribution in [1.29, 1.82) is 0 Å². The van der Waals surface area contributed by atoms with Gasteiger partial charge in [-0.2, -0.15) is 0 Å². The van der Waals surface area contributed by atoms with Gasteiger partial charge in [0.05, 0.1) is 31.7 Å². The van der Waals surface area contributed by atoms with Crippen LogP contribution in [0.15, 0.2) is 36.5 Å². The van der Waals surface area contributed by atoms with Gasteiger partial charge < -0.3 is 30.2 Å². The van der Waals surface area contributed by atoms with Crippen LogP contribution < -0.4 is 16.0 Å². The van der Waals surface area contributed by atoms with Gasteiger partial charge in [-0.05, 0) is 31.2 Å². The first-order chi connectivity index (χ1) is 17.9. The highest BCUT2D eigenvalue weighted by Gasteiger charge is 2.32. The molecule has 1 aromatic heterocycles. The van der Waals surface area contributed by atoms with E-state index < -0.39 is 6.04 Å². The van der Waals surface area contributed by atoms with Crippen molar-refractivity contribution in [2.75, 3.05) is 19.8 Å². The second-order valence-corrected chi connectivity index (χ2v) is 8.93. The molecule has 2 saturated heterocycles. The maximum Gasteiger partial charge on any atom is 0.307 e. The predicted molar refractivity (Wildman–Crippen MR) is 144 cm³/mol. The number of carbonyl (C=O) groups is 3. The number of pyridine rings is 1. The molecule has 0 saturated carbocycles. The first-order valence-corrected chi connectivity index (χ1v) is 13.3. The second-order valence-electron chi connectivity index (χ2n) is 8.93. The van der Waals surface area contributed by atoms with Crippen LogP contribution in [-0.2, 0) is 19.1 Å². The molecule has 3 heterocycles. The Hall–Kier alpha value is -2.88. The summed E-state index contributed by atoms with van der Waals surface area (Å²) in [5.41, 5.74) is 0.355. The summed E-state index contributed by atoms with van der Waals surface area (Å²) in [7, 11) is 0. The highest BCUT2D eigenvalue weighted by Crippen LogP contribution is 2.16. The first kappa shape index (κ1) is 30.3. The Morgan fingerprint density at radius 1 is 1.19 bits per heavy atom. The number of aldehydes is 1. The Morgan fingerprint density at radius 3 is 2.57 bits per heavy atom. The maximum absolute atomic E-state index is 12.1. The van der Waals surface area contributed by atoms with E-state index >= 15 is 0 Å². The summed E-state index contributed by atoms with van der Waals surface area (Å²) in [6, 6.07) is 9.85. The van der Waals surface area contributed by atoms with E-state index in [-0.39, 0.29) is 24.0 Å². The van der Waals surface area contributed by atoms with E-state index in [0.717, 1.165) is 43.2 Å². The number of benzene rings is 1. The van der Waals surface area contributed by atoms with Crippen LogP contribution in [0.25, 0.3) is 10.8 Å². The van der Waals surface area contributed by atoms with Gasteiger partial charge in [0.15, 0.2) is 0 Å². The molecule has 0 bridgehead atoms. The molecule has 204 valence electrons. The zero-order valence-corrected chi connectivity index (χ0v) is 22.7. The minimum absolute atomic E-state index is 0.0195. The Labute approximate surface area is 220 Å². The summed E-state index contributed by atoms with van der Waals surface area (Å²) < 4.78 is 10.7. The van der Waals surface area contributed by atoms with Crippen LogP contribution in [-0.4, -0.2) is 73.2 Å². The zero-order chi connectivity index (χ0) is 27.2. The van der Waals surface area contributed by atoms with E-state index in [1.807, 2.05) is 58.0 Å². The molecule has 2 aliphatic heterocycles. The molecule has 1 aromatic carbocycles. The van der Waals surface area contributed by atoms with Crippen LogP contribution >= 0.6 is 0 Å². The summed E-state index contributed by atoms with van der Waals surface area (Å²) in [5.74, 6) is -0.417. The molecule has 2 aliphatic rings. The van der Waals surface area contributed by atoms with Crippen molar-refractivity contribution in [2.45, 2.75) is 84.2 Å². The van der Waals surface area contributed by atoms with Gasteiger partial charge in [-0.25, -0.2) is 0 Å². The number of nitrogens with one attached hydrogen (secondary N) is 3. The maximum atomic E-state index is 12.1. The zero-order valence-electron chi connectivity index (χ0n) is 22.7. The van der Waals surface area contributed by atoms with Gasteiger partial charge in [-0.1, -0.05) is 52.0 Å². The molecule has 1 amide bonds. The van der Waals surface area contributed by atoms with Crippen molar-refractivity contribution < 1.29 is 23.9 Å². The molecule has 5 unspecified atom stereocenters. The van der Waals surface area contributed by atoms with Gasteiger partial charge >= 0.3 is 5.97 Å². The normalized spacial score (nSPS) is 23.5. The lowest BCUT2D eigenvalue weighted by Crippen LogP contribution is -2.54. The number of morpholine rings is 1. The summed E-state index contributed by atoms with van der Waals surface area (Å²) in [6.07, 6.45) is 4.44. The number of hydrogen-bond acceptors (Lipinski definition) is 8. The van der Waals surface area contributed by atoms with E-state index in [1.165, 1.54) is 0 Å². The molecule has 0 aliphatic carbocycles. The van der Waals surface area contributed by atoms with Crippen molar-refractivity contribution in [3.05, 3.63) is 42.2 Å². The molecule has 0 spiro atoms. The molecule has 0 radical (unpaired) electrons. The molecule has 2 fully saturated rings. The Morgan fingerprint density at radius 2 is 1.92 bits per heavy atom. The lowest BCUT2D eigenvalue weighted by molar-refractivity contribution is -0.140. The van der Waals surface area contributed by atoms with Gasteiger partial charge in [-0.3, -0.25) is 14.6 Å². The van der Waals surface area contributed by atoms with Gasteiger partial charge in [0.25, 0.3) is 5.91 Å². The van der Waals surface area contributed by atoms with Crippen LogP contribution in [0.3, 0.4) is 0 Å². The van der Waals surface area contributed by atoms with E-state index in [2.05, 4.69) is 27.9 Å². The van der Waals surface area contributed by atoms with E-state index in [1.54, 1.807) is 6.20 Å². The number of fused-ring (bicyclic) bond motifs is 1. The van der Waals surface area contributed by atoms with Gasteiger partial charge in [0.1, 0.15) is 18.1 Å². The summed E-state index contributed by atoms with van der Waals surface area (Å²) in [6.45, 7) is 12.3. The topological polar surface area (TPSA) is 119 Å². The largest absolute Gasteiger partial charge is 0.461 e. The standard InChI is InChI=1S/C14H14N2O2.C12H22N2O3.C2H6/c1-2-11(9-17)16-14(18)13-12-6-4-3-5-10(12)7-8-15-13;1-3-9-6-16-7-10(14-9)5-13-11-4-12(15)17-8(11)2;1-2/h3-9,11H,2H2,1H3,(H,16,18);8-11,13-14H,3-7H2,1-2H3;1-2H3. The molecule has 37 heavy (non-hydrogen) atoms. The van der Waals surface area contributed by atoms with Crippen molar-refractivity contribution in [2.24, 2.45) is 0 Å². The van der Waals surface area contributed by atoms with Gasteiger partial charge in [0, 0.05) is 30.2 Å². The van der Waals surface area contributed by atoms with Gasteiger partial charge in [-0.15, -0.1) is 0 Å². The summed E-state index contributed by atoms with van der Waals surface area (Å²) in [4.78, 5) is 38.0. The minimum atomic E-state index is -0.460. The number of amides is 1. The average molecular weight is 515 g/mol. The van der Waals surface area contributed by atoms with Crippen LogP contribution in [0.5, 0.6) is 0 Å².